The summed E-state index contributed by atoms with van der Waals surface area (Å²) in [7, 11) is -3.64. The van der Waals surface area contributed by atoms with E-state index in [1.54, 1.807) is 47.4 Å². The molecule has 0 spiro atoms. The highest BCUT2D eigenvalue weighted by molar-refractivity contribution is 7.92. The number of anilines is 1. The molecular weight excluding hydrogens is 629 g/mol. The van der Waals surface area contributed by atoms with Crippen LogP contribution in [0.15, 0.2) is 72.8 Å². The number of halogens is 3. The van der Waals surface area contributed by atoms with Crippen LogP contribution >= 0.6 is 34.8 Å². The van der Waals surface area contributed by atoms with Crippen LogP contribution in [0.4, 0.5) is 5.69 Å². The molecule has 0 heterocycles. The minimum Gasteiger partial charge on any atom is -0.352 e. The van der Waals surface area contributed by atoms with Gasteiger partial charge < -0.3 is 10.2 Å². The lowest BCUT2D eigenvalue weighted by Crippen LogP contribution is -2.52. The summed E-state index contributed by atoms with van der Waals surface area (Å²) in [6.45, 7) is 0.207. The number of rotatable bonds is 13. The molecule has 1 atom stereocenters. The number of hydrogen-bond donors (Lipinski definition) is 1. The van der Waals surface area contributed by atoms with Crippen molar-refractivity contribution in [2.75, 3.05) is 17.1 Å². The summed E-state index contributed by atoms with van der Waals surface area (Å²) < 4.78 is 26.5. The van der Waals surface area contributed by atoms with Gasteiger partial charge in [0.15, 0.2) is 0 Å². The lowest BCUT2D eigenvalue weighted by Gasteiger charge is -2.33. The van der Waals surface area contributed by atoms with Gasteiger partial charge in [0.1, 0.15) is 6.04 Å². The Morgan fingerprint density at radius 3 is 2.28 bits per heavy atom. The molecule has 0 unspecified atom stereocenters. The molecule has 0 aliphatic heterocycles. The van der Waals surface area contributed by atoms with Crippen molar-refractivity contribution in [3.8, 4) is 0 Å². The van der Waals surface area contributed by atoms with Crippen LogP contribution in [0.5, 0.6) is 0 Å². The fourth-order valence-corrected chi connectivity index (χ4v) is 6.85. The molecule has 1 aliphatic carbocycles. The molecule has 43 heavy (non-hydrogen) atoms. The number of hydrogen-bond acceptors (Lipinski definition) is 4. The van der Waals surface area contributed by atoms with Gasteiger partial charge in [-0.05, 0) is 60.7 Å². The normalized spacial score (nSPS) is 14.3. The number of nitrogens with one attached hydrogen (secondary N) is 1. The quantitative estimate of drug-likeness (QED) is 0.216. The number of sulfonamides is 1. The zero-order chi connectivity index (χ0) is 31.0. The molecule has 1 fully saturated rings. The van der Waals surface area contributed by atoms with Gasteiger partial charge in [0.2, 0.25) is 21.8 Å². The molecule has 1 aliphatic rings. The molecule has 230 valence electrons. The van der Waals surface area contributed by atoms with E-state index in [0.717, 1.165) is 43.1 Å². The van der Waals surface area contributed by atoms with Crippen LogP contribution in [-0.2, 0) is 32.6 Å². The fraction of sp³-hybridized carbons (Fsp3) is 0.375. The number of benzene rings is 3. The van der Waals surface area contributed by atoms with Crippen molar-refractivity contribution in [2.24, 2.45) is 0 Å². The molecule has 0 bridgehead atoms. The number of carbonyl (C=O) groups is 2. The van der Waals surface area contributed by atoms with Gasteiger partial charge in [-0.15, -0.1) is 0 Å². The van der Waals surface area contributed by atoms with E-state index in [1.807, 2.05) is 30.3 Å². The largest absolute Gasteiger partial charge is 0.352 e. The second-order valence-corrected chi connectivity index (χ2v) is 14.0. The van der Waals surface area contributed by atoms with Gasteiger partial charge in [-0.25, -0.2) is 8.42 Å². The van der Waals surface area contributed by atoms with Gasteiger partial charge in [-0.2, -0.15) is 0 Å². The van der Waals surface area contributed by atoms with Crippen LogP contribution in [0.25, 0.3) is 0 Å². The number of carbonyl (C=O) groups excluding carboxylic acids is 2. The minimum atomic E-state index is -3.64. The van der Waals surface area contributed by atoms with E-state index in [9.17, 15) is 18.0 Å². The van der Waals surface area contributed by atoms with Gasteiger partial charge in [0.25, 0.3) is 0 Å². The van der Waals surface area contributed by atoms with Gasteiger partial charge in [0, 0.05) is 37.0 Å². The third-order valence-electron chi connectivity index (χ3n) is 7.56. The van der Waals surface area contributed by atoms with Gasteiger partial charge in [-0.3, -0.25) is 13.9 Å². The molecule has 1 saturated carbocycles. The standard InChI is InChI=1S/C32H36Cl3N3O4S/c1-43(41,42)38(27-14-7-11-25(33)21-27)18-8-15-31(39)37(22-24-16-17-28(34)29(35)19-24)30(20-23-9-3-2-4-10-23)32(40)36-26-12-5-6-13-26/h2-4,7,9-11,14,16-17,19,21,26,30H,5-6,8,12-13,15,18,20,22H2,1H3,(H,36,40)/t30-/m0/s1. The van der Waals surface area contributed by atoms with E-state index in [-0.39, 0.29) is 43.8 Å². The first-order valence-electron chi connectivity index (χ1n) is 14.3. The van der Waals surface area contributed by atoms with Crippen LogP contribution in [0.2, 0.25) is 15.1 Å². The molecule has 7 nitrogen and oxygen atoms in total. The fourth-order valence-electron chi connectivity index (χ4n) is 5.39. The minimum absolute atomic E-state index is 0.0237. The number of amides is 2. The van der Waals surface area contributed by atoms with Crippen molar-refractivity contribution in [3.05, 3.63) is 99.0 Å². The van der Waals surface area contributed by atoms with Crippen molar-refractivity contribution < 1.29 is 18.0 Å². The zero-order valence-electron chi connectivity index (χ0n) is 24.0. The van der Waals surface area contributed by atoms with Crippen molar-refractivity contribution in [1.82, 2.24) is 10.2 Å². The molecule has 0 radical (unpaired) electrons. The maximum atomic E-state index is 14.0. The van der Waals surface area contributed by atoms with E-state index in [2.05, 4.69) is 5.32 Å². The van der Waals surface area contributed by atoms with Crippen molar-refractivity contribution in [2.45, 2.75) is 63.6 Å². The van der Waals surface area contributed by atoms with E-state index in [4.69, 9.17) is 34.8 Å². The van der Waals surface area contributed by atoms with E-state index >= 15 is 0 Å². The lowest BCUT2D eigenvalue weighted by atomic mass is 10.0. The summed E-state index contributed by atoms with van der Waals surface area (Å²) in [5.41, 5.74) is 2.07. The first kappa shape index (κ1) is 33.1. The Labute approximate surface area is 269 Å². The molecule has 3 aromatic rings. The summed E-state index contributed by atoms with van der Waals surface area (Å²) in [6.07, 6.45) is 5.65. The number of nitrogens with zero attached hydrogens (tertiary/aromatic N) is 2. The average Bonchev–Trinajstić information content (AvgIpc) is 3.47. The Hall–Kier alpha value is -2.78. The summed E-state index contributed by atoms with van der Waals surface area (Å²) >= 11 is 18.6. The summed E-state index contributed by atoms with van der Waals surface area (Å²) in [6, 6.07) is 20.6. The van der Waals surface area contributed by atoms with E-state index < -0.39 is 16.1 Å². The maximum absolute atomic E-state index is 14.0. The summed E-state index contributed by atoms with van der Waals surface area (Å²) in [4.78, 5) is 29.4. The highest BCUT2D eigenvalue weighted by Crippen LogP contribution is 2.26. The Morgan fingerprint density at radius 2 is 1.63 bits per heavy atom. The van der Waals surface area contributed by atoms with E-state index in [0.29, 0.717) is 27.2 Å². The predicted octanol–water partition coefficient (Wildman–Crippen LogP) is 6.89. The predicted molar refractivity (Wildman–Crippen MR) is 174 cm³/mol. The second kappa shape index (κ2) is 15.3. The molecule has 1 N–H and O–H groups in total. The smallest absolute Gasteiger partial charge is 0.243 e. The van der Waals surface area contributed by atoms with Crippen molar-refractivity contribution in [1.29, 1.82) is 0 Å². The molecule has 11 heteroatoms. The molecular formula is C32H36Cl3N3O4S. The van der Waals surface area contributed by atoms with Gasteiger partial charge in [-0.1, -0.05) is 90.1 Å². The molecule has 2 amide bonds. The van der Waals surface area contributed by atoms with Crippen LogP contribution in [0.1, 0.15) is 49.7 Å². The highest BCUT2D eigenvalue weighted by atomic mass is 35.5. The van der Waals surface area contributed by atoms with Gasteiger partial charge >= 0.3 is 0 Å². The molecule has 0 saturated heterocycles. The van der Waals surface area contributed by atoms with E-state index in [1.165, 1.54) is 4.31 Å². The lowest BCUT2D eigenvalue weighted by molar-refractivity contribution is -0.141. The summed E-state index contributed by atoms with van der Waals surface area (Å²) in [5.74, 6) is -0.478. The Balaban J connectivity index is 1.60. The monoisotopic (exact) mass is 663 g/mol. The van der Waals surface area contributed by atoms with Crippen LogP contribution in [0.3, 0.4) is 0 Å². The molecule has 4 rings (SSSR count). The zero-order valence-corrected chi connectivity index (χ0v) is 27.1. The highest BCUT2D eigenvalue weighted by Gasteiger charge is 2.32. The summed E-state index contributed by atoms with van der Waals surface area (Å²) in [5, 5.41) is 4.34. The average molecular weight is 665 g/mol. The topological polar surface area (TPSA) is 86.8 Å². The Bertz CT molecular complexity index is 1520. The van der Waals surface area contributed by atoms with Gasteiger partial charge in [0.05, 0.1) is 22.0 Å². The van der Waals surface area contributed by atoms with Crippen molar-refractivity contribution in [3.63, 3.8) is 0 Å². The first-order chi connectivity index (χ1) is 20.5. The van der Waals surface area contributed by atoms with Crippen LogP contribution in [0, 0.1) is 0 Å². The van der Waals surface area contributed by atoms with Crippen LogP contribution < -0.4 is 9.62 Å². The SMILES string of the molecule is CS(=O)(=O)N(CCCC(=O)N(Cc1ccc(Cl)c(Cl)c1)[C@@H](Cc1ccccc1)C(=O)NC1CCCC1)c1cccc(Cl)c1. The van der Waals surface area contributed by atoms with Crippen LogP contribution in [-0.4, -0.2) is 50.0 Å². The third-order valence-corrected chi connectivity index (χ3v) is 9.73. The molecule has 3 aromatic carbocycles. The molecule has 0 aromatic heterocycles. The second-order valence-electron chi connectivity index (χ2n) is 10.9. The Morgan fingerprint density at radius 1 is 0.907 bits per heavy atom. The van der Waals surface area contributed by atoms with Crippen molar-refractivity contribution >= 4 is 62.3 Å². The Kier molecular flexibility index (Phi) is 11.8. The maximum Gasteiger partial charge on any atom is 0.243 e. The third kappa shape index (κ3) is 9.60. The first-order valence-corrected chi connectivity index (χ1v) is 17.3.